The molecule has 0 aliphatic carbocycles. The Morgan fingerprint density at radius 2 is 2.05 bits per heavy atom. The number of carbonyl (C=O) groups is 3. The molecule has 0 saturated carbocycles. The van der Waals surface area contributed by atoms with Crippen molar-refractivity contribution in [2.45, 2.75) is 19.4 Å². The van der Waals surface area contributed by atoms with Gasteiger partial charge in [-0.25, -0.2) is 4.79 Å². The summed E-state index contributed by atoms with van der Waals surface area (Å²) in [5, 5.41) is 8.32. The number of furan rings is 1. The van der Waals surface area contributed by atoms with Gasteiger partial charge in [0.25, 0.3) is 11.8 Å². The molecule has 0 bridgehead atoms. The van der Waals surface area contributed by atoms with Crippen molar-refractivity contribution in [1.29, 1.82) is 0 Å². The average molecular weight is 299 g/mol. The molecule has 4 amide bonds. The summed E-state index contributed by atoms with van der Waals surface area (Å²) in [6.45, 7) is 2.44. The zero-order valence-corrected chi connectivity index (χ0v) is 11.8. The second kappa shape index (κ2) is 4.33. The van der Waals surface area contributed by atoms with Crippen LogP contribution in [-0.2, 0) is 11.2 Å². The third-order valence-electron chi connectivity index (χ3n) is 4.11. The molecule has 112 valence electrons. The third-order valence-corrected chi connectivity index (χ3v) is 4.11. The Labute approximate surface area is 125 Å². The zero-order valence-electron chi connectivity index (χ0n) is 11.8. The number of fused-ring (bicyclic) bond motifs is 2. The second-order valence-corrected chi connectivity index (χ2v) is 5.50. The lowest BCUT2D eigenvalue weighted by Gasteiger charge is -2.18. The highest BCUT2D eigenvalue weighted by Crippen LogP contribution is 2.32. The molecule has 1 atom stereocenters. The molecule has 22 heavy (non-hydrogen) atoms. The van der Waals surface area contributed by atoms with Crippen molar-refractivity contribution >= 4 is 28.8 Å². The monoisotopic (exact) mass is 299 g/mol. The van der Waals surface area contributed by atoms with E-state index < -0.39 is 18.0 Å². The Morgan fingerprint density at radius 3 is 2.77 bits per heavy atom. The van der Waals surface area contributed by atoms with E-state index in [-0.39, 0.29) is 5.91 Å². The van der Waals surface area contributed by atoms with Crippen molar-refractivity contribution in [3.63, 3.8) is 0 Å². The fraction of sp³-hybridized carbons (Fsp3) is 0.267. The highest BCUT2D eigenvalue weighted by atomic mass is 16.3. The molecule has 1 saturated heterocycles. The van der Waals surface area contributed by atoms with Crippen LogP contribution in [0.4, 0.5) is 4.79 Å². The van der Waals surface area contributed by atoms with Crippen LogP contribution in [0.2, 0.25) is 0 Å². The number of hydrogen-bond donors (Lipinski definition) is 3. The predicted octanol–water partition coefficient (Wildman–Crippen LogP) is 0.908. The molecule has 3 heterocycles. The molecule has 7 nitrogen and oxygen atoms in total. The van der Waals surface area contributed by atoms with Gasteiger partial charge in [0.1, 0.15) is 11.3 Å². The first-order valence-electron chi connectivity index (χ1n) is 7.00. The Kier molecular flexibility index (Phi) is 2.53. The van der Waals surface area contributed by atoms with Gasteiger partial charge >= 0.3 is 6.03 Å². The van der Waals surface area contributed by atoms with Crippen LogP contribution in [0.15, 0.2) is 16.5 Å². The normalized spacial score (nSPS) is 20.6. The van der Waals surface area contributed by atoms with Crippen LogP contribution >= 0.6 is 0 Å². The van der Waals surface area contributed by atoms with E-state index in [1.165, 1.54) is 0 Å². The Balaban J connectivity index is 1.88. The highest BCUT2D eigenvalue weighted by Gasteiger charge is 2.34. The molecule has 2 aromatic rings. The molecule has 3 N–H and O–H groups in total. The van der Waals surface area contributed by atoms with E-state index in [1.54, 1.807) is 6.07 Å². The first-order valence-corrected chi connectivity index (χ1v) is 7.00. The molecule has 1 unspecified atom stereocenters. The number of hydrogen-bond acceptors (Lipinski definition) is 4. The van der Waals surface area contributed by atoms with Crippen molar-refractivity contribution < 1.29 is 18.8 Å². The minimum Gasteiger partial charge on any atom is -0.458 e. The van der Waals surface area contributed by atoms with Gasteiger partial charge in [-0.15, -0.1) is 0 Å². The maximum Gasteiger partial charge on any atom is 0.322 e. The SMILES string of the molecule is Cc1c2c(cc3cc(C4NC(=O)NC4=O)oc13)CCNC2=O. The zero-order chi connectivity index (χ0) is 15.4. The van der Waals surface area contributed by atoms with Gasteiger partial charge in [-0.3, -0.25) is 14.9 Å². The quantitative estimate of drug-likeness (QED) is 0.681. The van der Waals surface area contributed by atoms with Gasteiger partial charge in [-0.2, -0.15) is 0 Å². The van der Waals surface area contributed by atoms with Gasteiger partial charge in [-0.1, -0.05) is 0 Å². The summed E-state index contributed by atoms with van der Waals surface area (Å²) in [7, 11) is 0. The van der Waals surface area contributed by atoms with Crippen molar-refractivity contribution in [3.05, 3.63) is 34.6 Å². The summed E-state index contributed by atoms with van der Waals surface area (Å²) in [4.78, 5) is 35.0. The smallest absolute Gasteiger partial charge is 0.322 e. The van der Waals surface area contributed by atoms with E-state index in [4.69, 9.17) is 4.42 Å². The minimum absolute atomic E-state index is 0.106. The van der Waals surface area contributed by atoms with E-state index in [9.17, 15) is 14.4 Å². The molecule has 1 aromatic carbocycles. The van der Waals surface area contributed by atoms with Gasteiger partial charge < -0.3 is 15.1 Å². The molecule has 1 fully saturated rings. The molecule has 7 heteroatoms. The van der Waals surface area contributed by atoms with Crippen LogP contribution in [0.5, 0.6) is 0 Å². The number of aryl methyl sites for hydroxylation is 1. The maximum absolute atomic E-state index is 12.0. The van der Waals surface area contributed by atoms with Crippen molar-refractivity contribution in [1.82, 2.24) is 16.0 Å². The topological polar surface area (TPSA) is 100 Å². The van der Waals surface area contributed by atoms with Crippen molar-refractivity contribution in [3.8, 4) is 0 Å². The number of amides is 4. The van der Waals surface area contributed by atoms with Crippen LogP contribution in [0.25, 0.3) is 11.0 Å². The number of urea groups is 1. The standard InChI is InChI=1S/C15H13N3O4/c1-6-10-7(2-3-16-13(10)19)4-8-5-9(22-12(6)8)11-14(20)18-15(21)17-11/h4-5,11H,2-3H2,1H3,(H,16,19)(H2,17,18,20,21). The molecule has 0 radical (unpaired) electrons. The van der Waals surface area contributed by atoms with Crippen LogP contribution < -0.4 is 16.0 Å². The van der Waals surface area contributed by atoms with E-state index in [1.807, 2.05) is 13.0 Å². The largest absolute Gasteiger partial charge is 0.458 e. The van der Waals surface area contributed by atoms with E-state index in [2.05, 4.69) is 16.0 Å². The van der Waals surface area contributed by atoms with Gasteiger partial charge in [0.15, 0.2) is 6.04 Å². The van der Waals surface area contributed by atoms with Crippen molar-refractivity contribution in [2.24, 2.45) is 0 Å². The summed E-state index contributed by atoms with van der Waals surface area (Å²) in [5.41, 5.74) is 2.93. The summed E-state index contributed by atoms with van der Waals surface area (Å²) >= 11 is 0. The Morgan fingerprint density at radius 1 is 1.23 bits per heavy atom. The highest BCUT2D eigenvalue weighted by molar-refractivity contribution is 6.05. The number of imide groups is 1. The average Bonchev–Trinajstić information content (AvgIpc) is 3.02. The Hall–Kier alpha value is -2.83. The fourth-order valence-electron chi connectivity index (χ4n) is 3.11. The van der Waals surface area contributed by atoms with Crippen LogP contribution in [-0.4, -0.2) is 24.4 Å². The lowest BCUT2D eigenvalue weighted by molar-refractivity contribution is -0.120. The lowest BCUT2D eigenvalue weighted by atomic mass is 9.94. The van der Waals surface area contributed by atoms with Gasteiger partial charge in [0.05, 0.1) is 0 Å². The Bertz CT molecular complexity index is 852. The van der Waals surface area contributed by atoms with Crippen LogP contribution in [0.1, 0.15) is 33.3 Å². The molecular formula is C15H13N3O4. The lowest BCUT2D eigenvalue weighted by Crippen LogP contribution is -2.32. The first kappa shape index (κ1) is 12.9. The summed E-state index contributed by atoms with van der Waals surface area (Å²) in [5.74, 6) is -0.182. The minimum atomic E-state index is -0.829. The summed E-state index contributed by atoms with van der Waals surface area (Å²) in [6, 6.07) is 2.29. The van der Waals surface area contributed by atoms with E-state index >= 15 is 0 Å². The molecule has 0 spiro atoms. The van der Waals surface area contributed by atoms with Crippen LogP contribution in [0.3, 0.4) is 0 Å². The predicted molar refractivity (Wildman–Crippen MR) is 76.4 cm³/mol. The van der Waals surface area contributed by atoms with Gasteiger partial charge in [0, 0.05) is 23.1 Å². The van der Waals surface area contributed by atoms with Gasteiger partial charge in [-0.05, 0) is 31.0 Å². The first-order chi connectivity index (χ1) is 10.5. The fourth-order valence-corrected chi connectivity index (χ4v) is 3.11. The number of nitrogens with one attached hydrogen (secondary N) is 3. The summed E-state index contributed by atoms with van der Waals surface area (Å²) in [6.07, 6.45) is 0.763. The molecule has 2 aliphatic rings. The van der Waals surface area contributed by atoms with Crippen molar-refractivity contribution in [2.75, 3.05) is 6.54 Å². The number of carbonyl (C=O) groups excluding carboxylic acids is 3. The van der Waals surface area contributed by atoms with Gasteiger partial charge in [0.2, 0.25) is 0 Å². The van der Waals surface area contributed by atoms with E-state index in [0.29, 0.717) is 23.5 Å². The number of benzene rings is 1. The molecular weight excluding hydrogens is 286 g/mol. The number of rotatable bonds is 1. The van der Waals surface area contributed by atoms with E-state index in [0.717, 1.165) is 22.9 Å². The second-order valence-electron chi connectivity index (χ2n) is 5.50. The molecule has 1 aromatic heterocycles. The van der Waals surface area contributed by atoms with Crippen LogP contribution in [0, 0.1) is 6.92 Å². The molecule has 2 aliphatic heterocycles. The third kappa shape index (κ3) is 1.71. The maximum atomic E-state index is 12.0. The molecule has 4 rings (SSSR count). The summed E-state index contributed by atoms with van der Waals surface area (Å²) < 4.78 is 5.76.